The molecule has 1 N–H and O–H groups in total. The third-order valence-electron chi connectivity index (χ3n) is 3.77. The first-order valence-electron chi connectivity index (χ1n) is 6.73. The largest absolute Gasteiger partial charge is 0.491 e. The maximum atomic E-state index is 12.2. The number of amides is 1. The van der Waals surface area contributed by atoms with Crippen molar-refractivity contribution in [3.63, 3.8) is 0 Å². The number of hydrogen-bond acceptors (Lipinski definition) is 3. The Hall–Kier alpha value is -2.04. The number of hydrogen-bond donors (Lipinski definition) is 1. The number of pyridine rings is 1. The van der Waals surface area contributed by atoms with E-state index < -0.39 is 5.41 Å². The van der Waals surface area contributed by atoms with Crippen LogP contribution in [0, 0.1) is 5.41 Å². The number of rotatable bonds is 3. The number of carbonyl (C=O) groups is 1. The molecule has 0 saturated carbocycles. The minimum Gasteiger partial charge on any atom is -0.491 e. The fraction of sp³-hybridized carbons (Fsp3) is 0.467. The molecule has 1 aromatic rings. The van der Waals surface area contributed by atoms with E-state index in [1.165, 1.54) is 0 Å². The molecule has 2 rings (SSSR count). The molecular weight excluding hydrogens is 256 g/mol. The van der Waals surface area contributed by atoms with E-state index in [1.807, 2.05) is 20.8 Å². The highest BCUT2D eigenvalue weighted by atomic mass is 16.5. The summed E-state index contributed by atoms with van der Waals surface area (Å²) in [5.41, 5.74) is 1.04. The van der Waals surface area contributed by atoms with E-state index >= 15 is 0 Å². The Kier molecular flexibility index (Phi) is 3.70. The summed E-state index contributed by atoms with van der Waals surface area (Å²) < 4.78 is 6.41. The average Bonchev–Trinajstić information content (AvgIpc) is 2.91. The van der Waals surface area contributed by atoms with Crippen LogP contribution in [0.2, 0.25) is 0 Å². The first-order chi connectivity index (χ1) is 9.40. The summed E-state index contributed by atoms with van der Waals surface area (Å²) >= 11 is 0. The molecule has 0 unspecified atom stereocenters. The van der Waals surface area contributed by atoms with E-state index in [2.05, 4.69) is 11.6 Å². The van der Waals surface area contributed by atoms with E-state index in [0.717, 1.165) is 10.3 Å². The monoisotopic (exact) mass is 276 g/mol. The van der Waals surface area contributed by atoms with Crippen LogP contribution in [0.15, 0.2) is 17.6 Å². The van der Waals surface area contributed by atoms with Gasteiger partial charge in [0.2, 0.25) is 0 Å². The Labute approximate surface area is 118 Å². The van der Waals surface area contributed by atoms with Gasteiger partial charge in [-0.3, -0.25) is 4.79 Å². The standard InChI is InChI=1S/C15H20N2O3/c1-5-10-9-12(16-14(18)15(3,4)6-2)17(19)11-7-8-20-13(10)11/h5,9,19H,1,6-8H2,2-4H3. The second kappa shape index (κ2) is 5.15. The first-order valence-corrected chi connectivity index (χ1v) is 6.73. The van der Waals surface area contributed by atoms with Crippen LogP contribution in [0.4, 0.5) is 0 Å². The van der Waals surface area contributed by atoms with Crippen LogP contribution >= 0.6 is 0 Å². The molecule has 5 nitrogen and oxygen atoms in total. The lowest BCUT2D eigenvalue weighted by molar-refractivity contribution is -0.126. The Balaban J connectivity index is 2.59. The predicted molar refractivity (Wildman–Crippen MR) is 75.5 cm³/mol. The van der Waals surface area contributed by atoms with Crippen molar-refractivity contribution in [1.29, 1.82) is 0 Å². The zero-order valence-corrected chi connectivity index (χ0v) is 12.1. The van der Waals surface area contributed by atoms with Crippen molar-refractivity contribution in [2.45, 2.75) is 33.6 Å². The van der Waals surface area contributed by atoms with Gasteiger partial charge in [0.1, 0.15) is 11.4 Å². The highest BCUT2D eigenvalue weighted by molar-refractivity contribution is 5.82. The third kappa shape index (κ3) is 2.35. The minimum atomic E-state index is -0.545. The van der Waals surface area contributed by atoms with Gasteiger partial charge in [0, 0.05) is 17.4 Å². The van der Waals surface area contributed by atoms with Crippen molar-refractivity contribution < 1.29 is 14.7 Å². The van der Waals surface area contributed by atoms with Crippen LogP contribution in [0.5, 0.6) is 5.75 Å². The molecule has 1 aliphatic rings. The van der Waals surface area contributed by atoms with Crippen molar-refractivity contribution in [1.82, 2.24) is 4.73 Å². The topological polar surface area (TPSA) is 63.8 Å². The van der Waals surface area contributed by atoms with Crippen LogP contribution in [0.3, 0.4) is 0 Å². The second-order valence-corrected chi connectivity index (χ2v) is 5.50. The molecule has 0 atom stereocenters. The molecule has 20 heavy (non-hydrogen) atoms. The summed E-state index contributed by atoms with van der Waals surface area (Å²) in [4.78, 5) is 16.2. The van der Waals surface area contributed by atoms with Gasteiger partial charge in [0.05, 0.1) is 6.61 Å². The Morgan fingerprint density at radius 3 is 2.95 bits per heavy atom. The Morgan fingerprint density at radius 1 is 1.65 bits per heavy atom. The summed E-state index contributed by atoms with van der Waals surface area (Å²) in [7, 11) is 0. The van der Waals surface area contributed by atoms with Gasteiger partial charge >= 0.3 is 0 Å². The molecule has 0 aliphatic carbocycles. The minimum absolute atomic E-state index is 0.218. The van der Waals surface area contributed by atoms with E-state index in [4.69, 9.17) is 4.74 Å². The van der Waals surface area contributed by atoms with Gasteiger partial charge in [-0.25, -0.2) is 0 Å². The van der Waals surface area contributed by atoms with Gasteiger partial charge in [-0.2, -0.15) is 9.72 Å². The van der Waals surface area contributed by atoms with Crippen LogP contribution in [-0.4, -0.2) is 22.5 Å². The summed E-state index contributed by atoms with van der Waals surface area (Å²) in [6.45, 7) is 9.85. The van der Waals surface area contributed by atoms with Crippen molar-refractivity contribution in [3.8, 4) is 5.75 Å². The number of ether oxygens (including phenoxy) is 1. The molecule has 5 heteroatoms. The molecule has 0 spiro atoms. The molecule has 1 aliphatic heterocycles. The Morgan fingerprint density at radius 2 is 2.35 bits per heavy atom. The molecule has 1 amide bonds. The number of fused-ring (bicyclic) bond motifs is 1. The van der Waals surface area contributed by atoms with Crippen LogP contribution in [0.1, 0.15) is 38.4 Å². The number of carbonyl (C=O) groups excluding carboxylic acids is 1. The predicted octanol–water partition coefficient (Wildman–Crippen LogP) is 2.17. The van der Waals surface area contributed by atoms with Crippen molar-refractivity contribution in [3.05, 3.63) is 29.4 Å². The van der Waals surface area contributed by atoms with Gasteiger partial charge in [-0.05, 0) is 12.5 Å². The number of nitrogens with zero attached hydrogens (tertiary/aromatic N) is 2. The zero-order chi connectivity index (χ0) is 14.9. The quantitative estimate of drug-likeness (QED) is 0.860. The van der Waals surface area contributed by atoms with Gasteiger partial charge in [-0.15, -0.1) is 0 Å². The maximum absolute atomic E-state index is 12.2. The van der Waals surface area contributed by atoms with E-state index in [1.54, 1.807) is 12.1 Å². The van der Waals surface area contributed by atoms with Gasteiger partial charge < -0.3 is 9.94 Å². The highest BCUT2D eigenvalue weighted by Crippen LogP contribution is 2.28. The normalized spacial score (nSPS) is 14.8. The summed E-state index contributed by atoms with van der Waals surface area (Å²) in [6, 6.07) is 1.61. The van der Waals surface area contributed by atoms with Crippen LogP contribution in [0.25, 0.3) is 6.08 Å². The first kappa shape index (κ1) is 14.4. The number of aromatic nitrogens is 1. The van der Waals surface area contributed by atoms with Gasteiger partial charge in [-0.1, -0.05) is 33.4 Å². The summed E-state index contributed by atoms with van der Waals surface area (Å²) in [5, 5.41) is 10.2. The fourth-order valence-corrected chi connectivity index (χ4v) is 1.94. The third-order valence-corrected chi connectivity index (χ3v) is 3.77. The molecule has 108 valence electrons. The molecule has 0 bridgehead atoms. The van der Waals surface area contributed by atoms with E-state index in [9.17, 15) is 10.0 Å². The van der Waals surface area contributed by atoms with Gasteiger partial charge in [0.15, 0.2) is 5.49 Å². The Bertz CT molecular complexity index is 627. The zero-order valence-electron chi connectivity index (χ0n) is 12.1. The summed E-state index contributed by atoms with van der Waals surface area (Å²) in [6.07, 6.45) is 2.91. The highest BCUT2D eigenvalue weighted by Gasteiger charge is 2.26. The lowest BCUT2D eigenvalue weighted by Crippen LogP contribution is -2.28. The molecule has 0 aromatic carbocycles. The van der Waals surface area contributed by atoms with Crippen molar-refractivity contribution in [2.75, 3.05) is 6.61 Å². The second-order valence-electron chi connectivity index (χ2n) is 5.50. The SMILES string of the molecule is C=Cc1cc(=NC(=O)C(C)(C)CC)n(O)c2c1OCC2. The molecule has 0 fully saturated rings. The smallest absolute Gasteiger partial charge is 0.253 e. The average molecular weight is 276 g/mol. The van der Waals surface area contributed by atoms with Gasteiger partial charge in [0.25, 0.3) is 5.91 Å². The fourth-order valence-electron chi connectivity index (χ4n) is 1.94. The molecule has 0 saturated heterocycles. The molecular formula is C15H20N2O3. The molecule has 2 heterocycles. The lowest BCUT2D eigenvalue weighted by Gasteiger charge is -2.17. The van der Waals surface area contributed by atoms with Crippen LogP contribution in [-0.2, 0) is 11.2 Å². The lowest BCUT2D eigenvalue weighted by atomic mass is 9.89. The summed E-state index contributed by atoms with van der Waals surface area (Å²) in [5.74, 6) is 0.361. The van der Waals surface area contributed by atoms with E-state index in [-0.39, 0.29) is 11.4 Å². The molecule has 1 aromatic heterocycles. The van der Waals surface area contributed by atoms with Crippen molar-refractivity contribution in [2.24, 2.45) is 10.4 Å². The van der Waals surface area contributed by atoms with Crippen molar-refractivity contribution >= 4 is 12.0 Å². The van der Waals surface area contributed by atoms with E-state index in [0.29, 0.717) is 30.9 Å². The molecule has 0 radical (unpaired) electrons. The van der Waals surface area contributed by atoms with Crippen LogP contribution < -0.4 is 10.2 Å². The maximum Gasteiger partial charge on any atom is 0.253 e.